The van der Waals surface area contributed by atoms with Gasteiger partial charge < -0.3 is 0 Å². The van der Waals surface area contributed by atoms with Crippen LogP contribution in [0.5, 0.6) is 0 Å². The zero-order valence-electron chi connectivity index (χ0n) is 14.6. The van der Waals surface area contributed by atoms with Crippen molar-refractivity contribution in [2.45, 2.75) is 101 Å². The molecule has 0 heterocycles. The SMILES string of the molecule is C=[C](CCCC#N)[Sn][C](CCCC)(CCCC)CCCC. The standard InChI is InChI=1S/C13H27.C6H8N.Sn/c1-4-7-10-13(11-8-5-2)12-9-6-3;1-2-3-4-5-6-7;/h4-12H2,1-3H3;1,3-5H2;. The van der Waals surface area contributed by atoms with Crippen LogP contribution in [0, 0.1) is 11.3 Å². The molecule has 0 aromatic carbocycles. The van der Waals surface area contributed by atoms with Gasteiger partial charge >= 0.3 is 144 Å². The number of unbranched alkanes of at least 4 members (excludes halogenated alkanes) is 4. The van der Waals surface area contributed by atoms with Gasteiger partial charge in [-0.25, -0.2) is 0 Å². The monoisotopic (exact) mass is 397 g/mol. The summed E-state index contributed by atoms with van der Waals surface area (Å²) in [4.78, 5) is 0. The molecule has 0 aliphatic rings. The Labute approximate surface area is 143 Å². The van der Waals surface area contributed by atoms with Gasteiger partial charge in [0, 0.05) is 0 Å². The van der Waals surface area contributed by atoms with E-state index in [-0.39, 0.29) is 0 Å². The Balaban J connectivity index is 4.69. The number of nitrogens with zero attached hydrogens (tertiary/aromatic N) is 1. The third kappa shape index (κ3) is 10.4. The Hall–Kier alpha value is 0.0287. The van der Waals surface area contributed by atoms with Crippen LogP contribution in [0.2, 0.25) is 3.43 Å². The molecule has 0 rings (SSSR count). The Bertz CT molecular complexity index is 281. The summed E-state index contributed by atoms with van der Waals surface area (Å²) in [7, 11) is 0. The van der Waals surface area contributed by atoms with Gasteiger partial charge in [0.1, 0.15) is 0 Å². The van der Waals surface area contributed by atoms with E-state index in [9.17, 15) is 0 Å². The first-order valence-corrected chi connectivity index (χ1v) is 11.8. The average molecular weight is 396 g/mol. The fourth-order valence-electron chi connectivity index (χ4n) is 2.93. The van der Waals surface area contributed by atoms with Gasteiger partial charge in [0.2, 0.25) is 0 Å². The van der Waals surface area contributed by atoms with Gasteiger partial charge in [-0.2, -0.15) is 0 Å². The van der Waals surface area contributed by atoms with Gasteiger partial charge in [-0.3, -0.25) is 0 Å². The number of hydrogen-bond donors (Lipinski definition) is 0. The number of nitriles is 1. The second kappa shape index (κ2) is 13.7. The number of allylic oxidation sites excluding steroid dienone is 1. The van der Waals surface area contributed by atoms with Gasteiger partial charge in [-0.15, -0.1) is 0 Å². The third-order valence-electron chi connectivity index (χ3n) is 4.24. The molecular formula is C19H35NSn. The minimum atomic E-state index is -0.573. The summed E-state index contributed by atoms with van der Waals surface area (Å²) in [5.41, 5.74) is 0. The van der Waals surface area contributed by atoms with E-state index in [1.165, 1.54) is 57.8 Å². The van der Waals surface area contributed by atoms with Crippen molar-refractivity contribution in [3.05, 3.63) is 10.2 Å². The van der Waals surface area contributed by atoms with Gasteiger partial charge in [0.05, 0.1) is 0 Å². The first-order chi connectivity index (χ1) is 10.1. The van der Waals surface area contributed by atoms with Crippen molar-refractivity contribution in [2.75, 3.05) is 0 Å². The van der Waals surface area contributed by atoms with Crippen LogP contribution >= 0.6 is 0 Å². The van der Waals surface area contributed by atoms with Crippen LogP contribution < -0.4 is 0 Å². The van der Waals surface area contributed by atoms with Gasteiger partial charge in [0.15, 0.2) is 0 Å². The Morgan fingerprint density at radius 1 is 0.952 bits per heavy atom. The third-order valence-corrected chi connectivity index (χ3v) is 9.61. The van der Waals surface area contributed by atoms with E-state index in [1.807, 2.05) is 0 Å². The van der Waals surface area contributed by atoms with E-state index in [1.54, 1.807) is 3.59 Å². The topological polar surface area (TPSA) is 23.8 Å². The summed E-state index contributed by atoms with van der Waals surface area (Å²) < 4.78 is 2.21. The van der Waals surface area contributed by atoms with Crippen molar-refractivity contribution in [1.29, 1.82) is 5.26 Å². The van der Waals surface area contributed by atoms with Crippen molar-refractivity contribution in [3.63, 3.8) is 0 Å². The summed E-state index contributed by atoms with van der Waals surface area (Å²) >= 11 is -0.573. The van der Waals surface area contributed by atoms with Crippen LogP contribution in [0.4, 0.5) is 0 Å². The molecule has 0 fully saturated rings. The molecule has 120 valence electrons. The summed E-state index contributed by atoms with van der Waals surface area (Å²) in [5, 5.41) is 8.69. The summed E-state index contributed by atoms with van der Waals surface area (Å²) in [5.74, 6) is 0. The van der Waals surface area contributed by atoms with E-state index in [4.69, 9.17) is 5.26 Å². The van der Waals surface area contributed by atoms with Crippen molar-refractivity contribution >= 4 is 21.1 Å². The van der Waals surface area contributed by atoms with Crippen LogP contribution in [0.25, 0.3) is 0 Å². The number of rotatable bonds is 14. The van der Waals surface area contributed by atoms with Gasteiger partial charge in [-0.1, -0.05) is 0 Å². The van der Waals surface area contributed by atoms with Crippen LogP contribution in [0.3, 0.4) is 0 Å². The Kier molecular flexibility index (Phi) is 13.7. The minimum absolute atomic E-state index is 0.573. The molecule has 0 unspecified atom stereocenters. The molecule has 0 bridgehead atoms. The van der Waals surface area contributed by atoms with E-state index < -0.39 is 21.1 Å². The van der Waals surface area contributed by atoms with Crippen molar-refractivity contribution < 1.29 is 0 Å². The molecule has 0 saturated carbocycles. The molecule has 1 nitrogen and oxygen atoms in total. The van der Waals surface area contributed by atoms with Crippen molar-refractivity contribution in [3.8, 4) is 6.07 Å². The zero-order chi connectivity index (χ0) is 16.0. The van der Waals surface area contributed by atoms with Crippen LogP contribution in [0.15, 0.2) is 10.2 Å². The predicted octanol–water partition coefficient (Wildman–Crippen LogP) is 6.63. The number of hydrogen-bond acceptors (Lipinski definition) is 1. The molecule has 0 atom stereocenters. The van der Waals surface area contributed by atoms with Crippen molar-refractivity contribution in [1.82, 2.24) is 0 Å². The summed E-state index contributed by atoms with van der Waals surface area (Å²) in [6, 6.07) is 2.27. The summed E-state index contributed by atoms with van der Waals surface area (Å²) in [6.45, 7) is 11.4. The van der Waals surface area contributed by atoms with Gasteiger partial charge in [-0.05, 0) is 0 Å². The molecule has 0 N–H and O–H groups in total. The normalized spacial score (nSPS) is 11.3. The molecule has 0 aromatic heterocycles. The molecule has 0 saturated heterocycles. The van der Waals surface area contributed by atoms with E-state index in [0.717, 1.165) is 12.8 Å². The van der Waals surface area contributed by atoms with E-state index in [0.29, 0.717) is 9.85 Å². The van der Waals surface area contributed by atoms with Crippen molar-refractivity contribution in [2.24, 2.45) is 0 Å². The molecule has 2 heteroatoms. The molecule has 0 aromatic rings. The van der Waals surface area contributed by atoms with E-state index in [2.05, 4.69) is 33.4 Å². The molecule has 0 spiro atoms. The fourth-order valence-corrected chi connectivity index (χ4v) is 8.51. The molecular weight excluding hydrogens is 361 g/mol. The second-order valence-electron chi connectivity index (χ2n) is 6.33. The zero-order valence-corrected chi connectivity index (χ0v) is 17.5. The maximum absolute atomic E-state index is 8.69. The van der Waals surface area contributed by atoms with E-state index >= 15 is 0 Å². The van der Waals surface area contributed by atoms with Gasteiger partial charge in [0.25, 0.3) is 0 Å². The van der Waals surface area contributed by atoms with Crippen LogP contribution in [-0.4, -0.2) is 21.1 Å². The second-order valence-corrected chi connectivity index (χ2v) is 12.1. The molecule has 0 aliphatic carbocycles. The summed E-state index contributed by atoms with van der Waals surface area (Å²) in [6.07, 6.45) is 15.3. The Morgan fingerprint density at radius 3 is 1.81 bits per heavy atom. The quantitative estimate of drug-likeness (QED) is 0.239. The molecule has 2 radical (unpaired) electrons. The molecule has 21 heavy (non-hydrogen) atoms. The molecule has 0 aliphatic heterocycles. The fraction of sp³-hybridized carbons (Fsp3) is 0.842. The average Bonchev–Trinajstić information content (AvgIpc) is 2.49. The Morgan fingerprint density at radius 2 is 1.43 bits per heavy atom. The maximum atomic E-state index is 8.69. The predicted molar refractivity (Wildman–Crippen MR) is 95.6 cm³/mol. The molecule has 0 amide bonds. The van der Waals surface area contributed by atoms with Crippen LogP contribution in [-0.2, 0) is 0 Å². The van der Waals surface area contributed by atoms with Crippen LogP contribution in [0.1, 0.15) is 97.8 Å². The first-order valence-electron chi connectivity index (χ1n) is 8.97. The first kappa shape index (κ1) is 21.0.